The number of amides is 1. The minimum Gasteiger partial charge on any atom is -0.348 e. The molecule has 18 heavy (non-hydrogen) atoms. The largest absolute Gasteiger partial charge is 0.348 e. The van der Waals surface area contributed by atoms with Crippen LogP contribution in [0.3, 0.4) is 0 Å². The highest BCUT2D eigenvalue weighted by atomic mass is 127. The molecule has 0 radical (unpaired) electrons. The summed E-state index contributed by atoms with van der Waals surface area (Å²) in [4.78, 5) is 22.3. The maximum absolute atomic E-state index is 12.0. The van der Waals surface area contributed by atoms with E-state index in [0.29, 0.717) is 0 Å². The summed E-state index contributed by atoms with van der Waals surface area (Å²) in [5.74, 6) is -0.105. The van der Waals surface area contributed by atoms with Gasteiger partial charge in [-0.25, -0.2) is 0 Å². The molecule has 0 bridgehead atoms. The van der Waals surface area contributed by atoms with Crippen molar-refractivity contribution < 1.29 is 9.72 Å². The van der Waals surface area contributed by atoms with Gasteiger partial charge in [0.25, 0.3) is 11.6 Å². The number of carbonyl (C=O) groups is 1. The van der Waals surface area contributed by atoms with Crippen LogP contribution >= 0.6 is 22.6 Å². The second-order valence-electron chi connectivity index (χ2n) is 4.25. The van der Waals surface area contributed by atoms with Gasteiger partial charge in [-0.1, -0.05) is 48.6 Å². The van der Waals surface area contributed by atoms with E-state index in [-0.39, 0.29) is 23.2 Å². The Morgan fingerprint density at radius 2 is 2.06 bits per heavy atom. The lowest BCUT2D eigenvalue weighted by Gasteiger charge is -2.19. The van der Waals surface area contributed by atoms with Crippen LogP contribution in [0.5, 0.6) is 0 Å². The van der Waals surface area contributed by atoms with Crippen LogP contribution in [0.2, 0.25) is 0 Å². The van der Waals surface area contributed by atoms with Crippen molar-refractivity contribution in [1.82, 2.24) is 5.32 Å². The Hall–Kier alpha value is -1.18. The Bertz CT molecular complexity index is 449. The van der Waals surface area contributed by atoms with Crippen LogP contribution in [0.25, 0.3) is 0 Å². The number of nitrogens with zero attached hydrogens (tertiary/aromatic N) is 1. The highest BCUT2D eigenvalue weighted by molar-refractivity contribution is 14.1. The number of alkyl halides is 1. The normalized spacial score (nSPS) is 12.2. The van der Waals surface area contributed by atoms with Crippen LogP contribution in [0, 0.1) is 16.0 Å². The standard InChI is InChI=1S/C12H15IN2O3/c1-8(2)10(7-13)14-12(16)9-5-3-4-6-11(9)15(17)18/h3-6,8,10H,7H2,1-2H3,(H,14,16). The van der Waals surface area contributed by atoms with Gasteiger partial charge in [0.15, 0.2) is 0 Å². The fraction of sp³-hybridized carbons (Fsp3) is 0.417. The third-order valence-corrected chi connectivity index (χ3v) is 3.58. The average Bonchev–Trinajstić information content (AvgIpc) is 2.35. The molecule has 0 aliphatic carbocycles. The number of para-hydroxylation sites is 1. The van der Waals surface area contributed by atoms with Crippen LogP contribution in [-0.4, -0.2) is 21.3 Å². The molecule has 0 saturated heterocycles. The zero-order valence-electron chi connectivity index (χ0n) is 10.2. The van der Waals surface area contributed by atoms with E-state index in [9.17, 15) is 14.9 Å². The van der Waals surface area contributed by atoms with Crippen molar-refractivity contribution in [3.63, 3.8) is 0 Å². The summed E-state index contributed by atoms with van der Waals surface area (Å²) in [6.07, 6.45) is 0. The number of carbonyl (C=O) groups excluding carboxylic acids is 1. The number of benzene rings is 1. The van der Waals surface area contributed by atoms with Gasteiger partial charge in [-0.2, -0.15) is 0 Å². The van der Waals surface area contributed by atoms with Crippen LogP contribution in [0.1, 0.15) is 24.2 Å². The van der Waals surface area contributed by atoms with Gasteiger partial charge < -0.3 is 5.32 Å². The van der Waals surface area contributed by atoms with Crippen LogP contribution < -0.4 is 5.32 Å². The summed E-state index contributed by atoms with van der Waals surface area (Å²) in [7, 11) is 0. The molecule has 5 nitrogen and oxygen atoms in total. The van der Waals surface area contributed by atoms with E-state index < -0.39 is 10.8 Å². The molecule has 1 unspecified atom stereocenters. The molecule has 0 heterocycles. The maximum atomic E-state index is 12.0. The summed E-state index contributed by atoms with van der Waals surface area (Å²) in [5, 5.41) is 13.7. The van der Waals surface area contributed by atoms with Gasteiger partial charge in [0, 0.05) is 16.5 Å². The molecular formula is C12H15IN2O3. The van der Waals surface area contributed by atoms with E-state index in [1.165, 1.54) is 12.1 Å². The van der Waals surface area contributed by atoms with Gasteiger partial charge in [-0.05, 0) is 12.0 Å². The summed E-state index contributed by atoms with van der Waals surface area (Å²) >= 11 is 2.19. The number of nitro groups is 1. The summed E-state index contributed by atoms with van der Waals surface area (Å²) in [5.41, 5.74) is -0.0519. The van der Waals surface area contributed by atoms with Gasteiger partial charge >= 0.3 is 0 Å². The molecule has 0 aliphatic rings. The summed E-state index contributed by atoms with van der Waals surface area (Å²) < 4.78 is 0.766. The molecule has 0 spiro atoms. The van der Waals surface area contributed by atoms with Crippen molar-refractivity contribution in [2.75, 3.05) is 4.43 Å². The van der Waals surface area contributed by atoms with Gasteiger partial charge in [-0.3, -0.25) is 14.9 Å². The SMILES string of the molecule is CC(C)C(CI)NC(=O)c1ccccc1[N+](=O)[O-]. The Morgan fingerprint density at radius 3 is 2.56 bits per heavy atom. The van der Waals surface area contributed by atoms with E-state index in [2.05, 4.69) is 27.9 Å². The lowest BCUT2D eigenvalue weighted by Crippen LogP contribution is -2.39. The van der Waals surface area contributed by atoms with Crippen molar-refractivity contribution >= 4 is 34.2 Å². The molecular weight excluding hydrogens is 347 g/mol. The number of rotatable bonds is 5. The molecule has 0 fully saturated rings. The smallest absolute Gasteiger partial charge is 0.282 e. The molecule has 1 aromatic rings. The Labute approximate surface area is 119 Å². The van der Waals surface area contributed by atoms with Crippen LogP contribution in [-0.2, 0) is 0 Å². The van der Waals surface area contributed by atoms with Crippen molar-refractivity contribution in [1.29, 1.82) is 0 Å². The Kier molecular flexibility index (Phi) is 5.52. The van der Waals surface area contributed by atoms with Crippen molar-refractivity contribution in [3.05, 3.63) is 39.9 Å². The molecule has 0 aromatic heterocycles. The molecule has 1 aromatic carbocycles. The van der Waals surface area contributed by atoms with E-state index in [1.54, 1.807) is 12.1 Å². The highest BCUT2D eigenvalue weighted by Crippen LogP contribution is 2.18. The zero-order valence-corrected chi connectivity index (χ0v) is 12.4. The van der Waals surface area contributed by atoms with E-state index >= 15 is 0 Å². The van der Waals surface area contributed by atoms with E-state index in [1.807, 2.05) is 13.8 Å². The quantitative estimate of drug-likeness (QED) is 0.379. The van der Waals surface area contributed by atoms with Gasteiger partial charge in [0.05, 0.1) is 4.92 Å². The molecule has 0 aliphatic heterocycles. The predicted molar refractivity (Wildman–Crippen MR) is 78.1 cm³/mol. The Morgan fingerprint density at radius 1 is 1.44 bits per heavy atom. The minimum absolute atomic E-state index is 0.0120. The number of hydrogen-bond acceptors (Lipinski definition) is 3. The second kappa shape index (κ2) is 6.67. The predicted octanol–water partition coefficient (Wildman–Crippen LogP) is 2.78. The topological polar surface area (TPSA) is 72.2 Å². The number of halogens is 1. The molecule has 6 heteroatoms. The lowest BCUT2D eigenvalue weighted by atomic mass is 10.1. The van der Waals surface area contributed by atoms with Gasteiger partial charge in [0.2, 0.25) is 0 Å². The zero-order chi connectivity index (χ0) is 13.7. The third kappa shape index (κ3) is 3.66. The summed E-state index contributed by atoms with van der Waals surface area (Å²) in [6.45, 7) is 4.01. The fourth-order valence-corrected chi connectivity index (χ4v) is 2.69. The van der Waals surface area contributed by atoms with Crippen LogP contribution in [0.15, 0.2) is 24.3 Å². The number of nitrogens with one attached hydrogen (secondary N) is 1. The Balaban J connectivity index is 2.94. The molecule has 98 valence electrons. The number of nitro benzene ring substituents is 1. The molecule has 1 atom stereocenters. The van der Waals surface area contributed by atoms with Crippen molar-refractivity contribution in [3.8, 4) is 0 Å². The van der Waals surface area contributed by atoms with Gasteiger partial charge in [-0.15, -0.1) is 0 Å². The monoisotopic (exact) mass is 362 g/mol. The first-order valence-corrected chi connectivity index (χ1v) is 7.10. The molecule has 0 saturated carbocycles. The first-order valence-electron chi connectivity index (χ1n) is 5.57. The third-order valence-electron chi connectivity index (χ3n) is 2.63. The first-order chi connectivity index (χ1) is 8.47. The summed E-state index contributed by atoms with van der Waals surface area (Å²) in [6, 6.07) is 5.99. The first kappa shape index (κ1) is 14.9. The average molecular weight is 362 g/mol. The van der Waals surface area contributed by atoms with Crippen molar-refractivity contribution in [2.45, 2.75) is 19.9 Å². The van der Waals surface area contributed by atoms with Crippen molar-refractivity contribution in [2.24, 2.45) is 5.92 Å². The highest BCUT2D eigenvalue weighted by Gasteiger charge is 2.22. The lowest BCUT2D eigenvalue weighted by molar-refractivity contribution is -0.385. The minimum atomic E-state index is -0.538. The molecule has 1 N–H and O–H groups in total. The maximum Gasteiger partial charge on any atom is 0.282 e. The van der Waals surface area contributed by atoms with E-state index in [4.69, 9.17) is 0 Å². The van der Waals surface area contributed by atoms with Crippen LogP contribution in [0.4, 0.5) is 5.69 Å². The van der Waals surface area contributed by atoms with E-state index in [0.717, 1.165) is 4.43 Å². The molecule has 1 amide bonds. The number of hydrogen-bond donors (Lipinski definition) is 1. The van der Waals surface area contributed by atoms with Gasteiger partial charge in [0.1, 0.15) is 5.56 Å². The molecule has 1 rings (SSSR count). The second-order valence-corrected chi connectivity index (χ2v) is 5.13. The fourth-order valence-electron chi connectivity index (χ4n) is 1.45.